The van der Waals surface area contributed by atoms with E-state index < -0.39 is 0 Å². The van der Waals surface area contributed by atoms with Crippen LogP contribution < -0.4 is 10.6 Å². The van der Waals surface area contributed by atoms with Crippen LogP contribution in [-0.4, -0.2) is 44.4 Å². The van der Waals surface area contributed by atoms with Gasteiger partial charge in [0.25, 0.3) is 0 Å². The second kappa shape index (κ2) is 7.61. The first-order chi connectivity index (χ1) is 12.8. The molecule has 0 atom stereocenters. The fraction of sp³-hybridized carbons (Fsp3) is 0.368. The molecule has 3 aromatic rings. The van der Waals surface area contributed by atoms with Crippen molar-refractivity contribution in [3.63, 3.8) is 0 Å². The molecule has 3 aromatic heterocycles. The van der Waals surface area contributed by atoms with Crippen molar-refractivity contribution in [3.8, 4) is 11.4 Å². The lowest BCUT2D eigenvalue weighted by atomic mass is 10.1. The highest BCUT2D eigenvalue weighted by Crippen LogP contribution is 2.24. The number of hydrogen-bond donors (Lipinski definition) is 2. The van der Waals surface area contributed by atoms with Crippen LogP contribution in [0.4, 0.5) is 5.82 Å². The molecule has 0 radical (unpaired) electrons. The van der Waals surface area contributed by atoms with Gasteiger partial charge in [-0.2, -0.15) is 5.10 Å². The lowest BCUT2D eigenvalue weighted by molar-refractivity contribution is 0.636. The Morgan fingerprint density at radius 2 is 2.00 bits per heavy atom. The molecule has 0 aromatic carbocycles. The molecule has 26 heavy (non-hydrogen) atoms. The summed E-state index contributed by atoms with van der Waals surface area (Å²) in [4.78, 5) is 13.8. The number of aryl methyl sites for hydroxylation is 1. The quantitative estimate of drug-likeness (QED) is 0.732. The van der Waals surface area contributed by atoms with Gasteiger partial charge in [0.05, 0.1) is 18.4 Å². The maximum atomic E-state index is 4.84. The van der Waals surface area contributed by atoms with Gasteiger partial charge in [-0.3, -0.25) is 9.67 Å². The van der Waals surface area contributed by atoms with Crippen LogP contribution in [0.1, 0.15) is 16.8 Å². The second-order valence-corrected chi connectivity index (χ2v) is 6.51. The number of anilines is 1. The summed E-state index contributed by atoms with van der Waals surface area (Å²) in [5.41, 5.74) is 4.52. The summed E-state index contributed by atoms with van der Waals surface area (Å²) in [6.45, 7) is 5.53. The summed E-state index contributed by atoms with van der Waals surface area (Å²) < 4.78 is 1.95. The van der Waals surface area contributed by atoms with Gasteiger partial charge < -0.3 is 10.6 Å². The van der Waals surface area contributed by atoms with Crippen LogP contribution in [-0.2, 0) is 19.4 Å². The van der Waals surface area contributed by atoms with E-state index >= 15 is 0 Å². The van der Waals surface area contributed by atoms with E-state index in [9.17, 15) is 0 Å². The van der Waals surface area contributed by atoms with E-state index in [1.165, 1.54) is 11.1 Å². The lowest BCUT2D eigenvalue weighted by Crippen LogP contribution is -2.16. The van der Waals surface area contributed by atoms with Crippen LogP contribution in [0.3, 0.4) is 0 Å². The van der Waals surface area contributed by atoms with E-state index in [1.54, 1.807) is 12.4 Å². The number of nitrogens with one attached hydrogen (secondary N) is 2. The molecule has 7 heteroatoms. The summed E-state index contributed by atoms with van der Waals surface area (Å²) in [5.74, 6) is 1.69. The number of rotatable bonds is 5. The Hall–Kier alpha value is -2.80. The van der Waals surface area contributed by atoms with Crippen LogP contribution >= 0.6 is 0 Å². The SMILES string of the molecule is Cc1cnn(CCNc2nc(-c3ccncc3)nc3c2CCNCC3)c1. The highest BCUT2D eigenvalue weighted by Gasteiger charge is 2.17. The molecule has 1 aliphatic heterocycles. The van der Waals surface area contributed by atoms with Crippen molar-refractivity contribution in [2.45, 2.75) is 26.3 Å². The van der Waals surface area contributed by atoms with Gasteiger partial charge in [0, 0.05) is 49.2 Å². The van der Waals surface area contributed by atoms with Crippen LogP contribution in [0, 0.1) is 6.92 Å². The zero-order valence-electron chi connectivity index (χ0n) is 14.9. The highest BCUT2D eigenvalue weighted by molar-refractivity contribution is 5.59. The van der Waals surface area contributed by atoms with Crippen molar-refractivity contribution in [3.05, 3.63) is 53.7 Å². The van der Waals surface area contributed by atoms with Crippen molar-refractivity contribution in [1.82, 2.24) is 30.0 Å². The zero-order chi connectivity index (χ0) is 17.8. The van der Waals surface area contributed by atoms with Crippen LogP contribution in [0.2, 0.25) is 0 Å². The Morgan fingerprint density at radius 1 is 1.15 bits per heavy atom. The fourth-order valence-corrected chi connectivity index (χ4v) is 3.20. The first-order valence-corrected chi connectivity index (χ1v) is 9.03. The minimum absolute atomic E-state index is 0.755. The first-order valence-electron chi connectivity index (χ1n) is 9.03. The van der Waals surface area contributed by atoms with Gasteiger partial charge in [0.2, 0.25) is 0 Å². The number of aromatic nitrogens is 5. The standard InChI is InChI=1S/C19H23N7/c1-14-12-23-26(13-14)11-10-22-19-16-4-8-21-9-5-17(16)24-18(25-19)15-2-6-20-7-3-15/h2-3,6-7,12-13,21H,4-5,8-11H2,1H3,(H,22,24,25). The van der Waals surface area contributed by atoms with Gasteiger partial charge in [-0.1, -0.05) is 0 Å². The van der Waals surface area contributed by atoms with Gasteiger partial charge in [0.15, 0.2) is 5.82 Å². The number of nitrogens with zero attached hydrogens (tertiary/aromatic N) is 5. The van der Waals surface area contributed by atoms with E-state index in [4.69, 9.17) is 9.97 Å². The summed E-state index contributed by atoms with van der Waals surface area (Å²) >= 11 is 0. The molecule has 1 aliphatic rings. The minimum atomic E-state index is 0.755. The van der Waals surface area contributed by atoms with Crippen LogP contribution in [0.25, 0.3) is 11.4 Å². The van der Waals surface area contributed by atoms with Crippen LogP contribution in [0.5, 0.6) is 0 Å². The molecule has 0 saturated carbocycles. The van der Waals surface area contributed by atoms with E-state index in [0.717, 1.165) is 61.9 Å². The number of fused-ring (bicyclic) bond motifs is 1. The summed E-state index contributed by atoms with van der Waals surface area (Å²) in [5, 5.41) is 11.3. The molecule has 0 spiro atoms. The molecular weight excluding hydrogens is 326 g/mol. The van der Waals surface area contributed by atoms with Gasteiger partial charge in [-0.15, -0.1) is 0 Å². The Morgan fingerprint density at radius 3 is 2.81 bits per heavy atom. The largest absolute Gasteiger partial charge is 0.368 e. The molecule has 4 heterocycles. The smallest absolute Gasteiger partial charge is 0.161 e. The molecule has 7 nitrogen and oxygen atoms in total. The third-order valence-electron chi connectivity index (χ3n) is 4.52. The Balaban J connectivity index is 1.60. The number of pyridine rings is 1. The molecule has 4 rings (SSSR count). The Kier molecular flexibility index (Phi) is 4.88. The summed E-state index contributed by atoms with van der Waals surface area (Å²) in [7, 11) is 0. The first kappa shape index (κ1) is 16.7. The van der Waals surface area contributed by atoms with Gasteiger partial charge in [-0.25, -0.2) is 9.97 Å². The molecule has 2 N–H and O–H groups in total. The minimum Gasteiger partial charge on any atom is -0.368 e. The third-order valence-corrected chi connectivity index (χ3v) is 4.52. The molecule has 0 saturated heterocycles. The van der Waals surface area contributed by atoms with E-state index in [-0.39, 0.29) is 0 Å². The molecule has 0 unspecified atom stereocenters. The van der Waals surface area contributed by atoms with Crippen molar-refractivity contribution in [2.24, 2.45) is 0 Å². The number of hydrogen-bond acceptors (Lipinski definition) is 6. The average Bonchev–Trinajstić information content (AvgIpc) is 2.93. The predicted octanol–water partition coefficient (Wildman–Crippen LogP) is 1.84. The van der Waals surface area contributed by atoms with Crippen LogP contribution in [0.15, 0.2) is 36.9 Å². The lowest BCUT2D eigenvalue weighted by Gasteiger charge is -2.15. The highest BCUT2D eigenvalue weighted by atomic mass is 15.3. The zero-order valence-corrected chi connectivity index (χ0v) is 14.9. The topological polar surface area (TPSA) is 80.6 Å². The molecule has 0 aliphatic carbocycles. The molecule has 0 fully saturated rings. The summed E-state index contributed by atoms with van der Waals surface area (Å²) in [6, 6.07) is 3.90. The van der Waals surface area contributed by atoms with E-state index in [0.29, 0.717) is 0 Å². The normalized spacial score (nSPS) is 13.9. The van der Waals surface area contributed by atoms with E-state index in [2.05, 4.69) is 33.8 Å². The fourth-order valence-electron chi connectivity index (χ4n) is 3.20. The monoisotopic (exact) mass is 349 g/mol. The van der Waals surface area contributed by atoms with Crippen molar-refractivity contribution in [2.75, 3.05) is 25.0 Å². The van der Waals surface area contributed by atoms with Crippen molar-refractivity contribution < 1.29 is 0 Å². The maximum absolute atomic E-state index is 4.84. The van der Waals surface area contributed by atoms with Gasteiger partial charge in [-0.05, 0) is 37.6 Å². The van der Waals surface area contributed by atoms with E-state index in [1.807, 2.05) is 23.0 Å². The molecular formula is C19H23N7. The Bertz CT molecular complexity index is 873. The molecule has 0 bridgehead atoms. The van der Waals surface area contributed by atoms with Gasteiger partial charge >= 0.3 is 0 Å². The third kappa shape index (κ3) is 3.72. The maximum Gasteiger partial charge on any atom is 0.161 e. The predicted molar refractivity (Wildman–Crippen MR) is 101 cm³/mol. The average molecular weight is 349 g/mol. The molecule has 0 amide bonds. The van der Waals surface area contributed by atoms with Crippen molar-refractivity contribution in [1.29, 1.82) is 0 Å². The van der Waals surface area contributed by atoms with Crippen molar-refractivity contribution >= 4 is 5.82 Å². The van der Waals surface area contributed by atoms with Gasteiger partial charge in [0.1, 0.15) is 5.82 Å². The Labute approximate surface area is 152 Å². The summed E-state index contributed by atoms with van der Waals surface area (Å²) in [6.07, 6.45) is 9.34. The molecule has 134 valence electrons. The second-order valence-electron chi connectivity index (χ2n) is 6.51.